The Morgan fingerprint density at radius 2 is 1.87 bits per heavy atom. The summed E-state index contributed by atoms with van der Waals surface area (Å²) in [5.74, 6) is -2.23. The first-order valence-corrected chi connectivity index (χ1v) is 8.98. The Kier molecular flexibility index (Phi) is 6.83. The van der Waals surface area contributed by atoms with Crippen LogP contribution in [0.5, 0.6) is 0 Å². The predicted octanol–water partition coefficient (Wildman–Crippen LogP) is 3.96. The molecule has 162 valence electrons. The summed E-state index contributed by atoms with van der Waals surface area (Å²) in [6.07, 6.45) is -5.29. The Morgan fingerprint density at radius 1 is 1.20 bits per heavy atom. The van der Waals surface area contributed by atoms with E-state index in [-0.39, 0.29) is 35.9 Å². The van der Waals surface area contributed by atoms with Crippen LogP contribution in [0.3, 0.4) is 0 Å². The van der Waals surface area contributed by atoms with Gasteiger partial charge < -0.3 is 19.5 Å². The summed E-state index contributed by atoms with van der Waals surface area (Å²) in [6.45, 7) is 1.95. The number of nitrogens with zero attached hydrogens (tertiary/aromatic N) is 2. The number of carbonyl (C=O) groups excluding carboxylic acids is 1. The molecule has 1 unspecified atom stereocenters. The van der Waals surface area contributed by atoms with Crippen molar-refractivity contribution >= 4 is 11.8 Å². The summed E-state index contributed by atoms with van der Waals surface area (Å²) in [6, 6.07) is 2.80. The van der Waals surface area contributed by atoms with Crippen LogP contribution in [-0.4, -0.2) is 36.3 Å². The number of hydrogen-bond donors (Lipinski definition) is 1. The monoisotopic (exact) mass is 429 g/mol. The van der Waals surface area contributed by atoms with Gasteiger partial charge in [0, 0.05) is 5.56 Å². The summed E-state index contributed by atoms with van der Waals surface area (Å²) in [5.41, 5.74) is -1.11. The number of carbonyl (C=O) groups is 1. The van der Waals surface area contributed by atoms with Gasteiger partial charge in [-0.05, 0) is 6.92 Å². The molecule has 1 N–H and O–H groups in total. The van der Waals surface area contributed by atoms with Gasteiger partial charge >= 0.3 is 5.97 Å². The minimum atomic E-state index is -2.98. The quantitative estimate of drug-likeness (QED) is 0.527. The van der Waals surface area contributed by atoms with E-state index in [0.717, 1.165) is 19.5 Å². The fourth-order valence-electron chi connectivity index (χ4n) is 3.05. The second-order valence-electron chi connectivity index (χ2n) is 6.40. The Morgan fingerprint density at radius 3 is 2.50 bits per heavy atom. The van der Waals surface area contributed by atoms with E-state index in [1.165, 1.54) is 19.1 Å². The molecule has 0 radical (unpaired) electrons. The molecule has 2 atom stereocenters. The van der Waals surface area contributed by atoms with Gasteiger partial charge in [0.25, 0.3) is 6.43 Å². The molecule has 1 saturated heterocycles. The Balaban J connectivity index is 2.00. The smallest absolute Gasteiger partial charge is 0.346 e. The number of anilines is 1. The van der Waals surface area contributed by atoms with Gasteiger partial charge in [-0.1, -0.05) is 18.2 Å². The zero-order valence-electron chi connectivity index (χ0n) is 16.1. The largest absolute Gasteiger partial charge is 0.467 e. The molecular weight excluding hydrogens is 410 g/mol. The topological polar surface area (TPSA) is 82.6 Å². The predicted molar refractivity (Wildman–Crippen MR) is 95.9 cm³/mol. The molecule has 2 heterocycles. The van der Waals surface area contributed by atoms with Gasteiger partial charge in [-0.25, -0.2) is 32.3 Å². The normalized spacial score (nSPS) is 16.5. The van der Waals surface area contributed by atoms with Crippen LogP contribution < -0.4 is 5.32 Å². The van der Waals surface area contributed by atoms with Crippen LogP contribution in [0.4, 0.5) is 23.4 Å². The standard InChI is InChI=1S/C19H19F4N3O4/c1-9(10-4-3-5-11(13(10)20)16(22)23)26-17-12(19-29-6-7-30-19)15(24-8-25-17)14(21)18(27)28-2/h3-5,8-9,14,16,19H,6-7H2,1-2H3,(H,24,25,26)/t9-,14?/m1/s1. The van der Waals surface area contributed by atoms with Gasteiger partial charge in [0.05, 0.1) is 43.2 Å². The van der Waals surface area contributed by atoms with Crippen molar-refractivity contribution in [2.24, 2.45) is 0 Å². The molecule has 1 aromatic carbocycles. The van der Waals surface area contributed by atoms with Gasteiger partial charge in [0.15, 0.2) is 6.29 Å². The van der Waals surface area contributed by atoms with Crippen molar-refractivity contribution in [3.63, 3.8) is 0 Å². The molecule has 0 spiro atoms. The molecule has 1 aliphatic rings. The molecule has 30 heavy (non-hydrogen) atoms. The molecule has 0 bridgehead atoms. The van der Waals surface area contributed by atoms with Crippen LogP contribution in [0.25, 0.3) is 0 Å². The fraction of sp³-hybridized carbons (Fsp3) is 0.421. The minimum absolute atomic E-state index is 0.00479. The molecule has 7 nitrogen and oxygen atoms in total. The van der Waals surface area contributed by atoms with E-state index in [9.17, 15) is 22.4 Å². The highest BCUT2D eigenvalue weighted by atomic mass is 19.3. The SMILES string of the molecule is COC(=O)C(F)c1ncnc(N[C@H](C)c2cccc(C(F)F)c2F)c1C1OCCO1. The van der Waals surface area contributed by atoms with Crippen LogP contribution in [0.15, 0.2) is 24.5 Å². The molecule has 0 amide bonds. The van der Waals surface area contributed by atoms with Gasteiger partial charge in [-0.2, -0.15) is 0 Å². The second-order valence-corrected chi connectivity index (χ2v) is 6.40. The van der Waals surface area contributed by atoms with E-state index in [0.29, 0.717) is 0 Å². The van der Waals surface area contributed by atoms with E-state index in [1.54, 1.807) is 0 Å². The highest BCUT2D eigenvalue weighted by Gasteiger charge is 2.34. The lowest BCUT2D eigenvalue weighted by Gasteiger charge is -2.22. The Hall–Kier alpha value is -2.79. The third-order valence-electron chi connectivity index (χ3n) is 4.53. The zero-order chi connectivity index (χ0) is 21.8. The molecule has 1 aromatic heterocycles. The van der Waals surface area contributed by atoms with Crippen molar-refractivity contribution in [2.75, 3.05) is 25.6 Å². The van der Waals surface area contributed by atoms with Crippen molar-refractivity contribution < 1.29 is 36.6 Å². The van der Waals surface area contributed by atoms with Crippen LogP contribution in [0.2, 0.25) is 0 Å². The summed E-state index contributed by atoms with van der Waals surface area (Å²) in [5, 5.41) is 2.85. The number of aromatic nitrogens is 2. The molecule has 2 aromatic rings. The molecule has 1 fully saturated rings. The van der Waals surface area contributed by atoms with Crippen molar-refractivity contribution in [2.45, 2.75) is 31.9 Å². The van der Waals surface area contributed by atoms with E-state index in [4.69, 9.17) is 9.47 Å². The summed E-state index contributed by atoms with van der Waals surface area (Å²) < 4.78 is 70.4. The number of alkyl halides is 3. The molecule has 0 aliphatic carbocycles. The Bertz CT molecular complexity index is 909. The van der Waals surface area contributed by atoms with Crippen LogP contribution in [-0.2, 0) is 19.0 Å². The third-order valence-corrected chi connectivity index (χ3v) is 4.53. The van der Waals surface area contributed by atoms with Crippen LogP contribution >= 0.6 is 0 Å². The Labute approximate surface area is 169 Å². The molecule has 0 saturated carbocycles. The maximum atomic E-state index is 14.6. The van der Waals surface area contributed by atoms with Gasteiger partial charge in [0.1, 0.15) is 18.0 Å². The van der Waals surface area contributed by atoms with E-state index < -0.39 is 42.3 Å². The zero-order valence-corrected chi connectivity index (χ0v) is 16.1. The molecule has 1 aliphatic heterocycles. The number of benzene rings is 1. The average Bonchev–Trinajstić information content (AvgIpc) is 3.26. The maximum Gasteiger partial charge on any atom is 0.346 e. The summed E-state index contributed by atoms with van der Waals surface area (Å²) in [7, 11) is 1.03. The van der Waals surface area contributed by atoms with Crippen LogP contribution in [0, 0.1) is 5.82 Å². The van der Waals surface area contributed by atoms with Crippen molar-refractivity contribution in [1.29, 1.82) is 0 Å². The first-order chi connectivity index (χ1) is 14.3. The highest BCUT2D eigenvalue weighted by Crippen LogP contribution is 2.36. The van der Waals surface area contributed by atoms with Gasteiger partial charge in [-0.15, -0.1) is 0 Å². The first-order valence-electron chi connectivity index (χ1n) is 8.98. The molecule has 11 heteroatoms. The van der Waals surface area contributed by atoms with Crippen LogP contribution in [0.1, 0.15) is 54.2 Å². The molecular formula is C19H19F4N3O4. The van der Waals surface area contributed by atoms with Crippen molar-refractivity contribution in [3.05, 3.63) is 52.7 Å². The number of halogens is 4. The van der Waals surface area contributed by atoms with Crippen molar-refractivity contribution in [1.82, 2.24) is 9.97 Å². The third kappa shape index (κ3) is 4.36. The lowest BCUT2D eigenvalue weighted by Crippen LogP contribution is -2.20. The summed E-state index contributed by atoms with van der Waals surface area (Å²) >= 11 is 0. The lowest BCUT2D eigenvalue weighted by molar-refractivity contribution is -0.147. The van der Waals surface area contributed by atoms with E-state index >= 15 is 0 Å². The van der Waals surface area contributed by atoms with E-state index in [2.05, 4.69) is 20.0 Å². The second kappa shape index (κ2) is 9.35. The highest BCUT2D eigenvalue weighted by molar-refractivity contribution is 5.76. The van der Waals surface area contributed by atoms with E-state index in [1.807, 2.05) is 0 Å². The van der Waals surface area contributed by atoms with Crippen molar-refractivity contribution in [3.8, 4) is 0 Å². The van der Waals surface area contributed by atoms with Gasteiger partial charge in [-0.3, -0.25) is 0 Å². The number of rotatable bonds is 7. The maximum absolute atomic E-state index is 14.6. The number of methoxy groups -OCH3 is 1. The summed E-state index contributed by atoms with van der Waals surface area (Å²) in [4.78, 5) is 19.6. The van der Waals surface area contributed by atoms with Gasteiger partial charge in [0.2, 0.25) is 6.17 Å². The minimum Gasteiger partial charge on any atom is -0.467 e. The lowest BCUT2D eigenvalue weighted by atomic mass is 10.0. The average molecular weight is 429 g/mol. The first kappa shape index (κ1) is 21.9. The number of hydrogen-bond acceptors (Lipinski definition) is 7. The fourth-order valence-corrected chi connectivity index (χ4v) is 3.05. The number of nitrogens with one attached hydrogen (secondary N) is 1. The molecule has 3 rings (SSSR count). The number of ether oxygens (including phenoxy) is 3. The number of esters is 1.